The Balaban J connectivity index is 1.25. The van der Waals surface area contributed by atoms with Gasteiger partial charge in [-0.2, -0.15) is 0 Å². The number of methoxy groups -OCH3 is 1. The predicted octanol–water partition coefficient (Wildman–Crippen LogP) is 4.88. The number of para-hydroxylation sites is 1. The van der Waals surface area contributed by atoms with Crippen molar-refractivity contribution in [1.82, 2.24) is 0 Å². The Morgan fingerprint density at radius 1 is 1.10 bits per heavy atom. The van der Waals surface area contributed by atoms with Gasteiger partial charge in [0.05, 0.1) is 12.2 Å². The summed E-state index contributed by atoms with van der Waals surface area (Å²) in [4.78, 5) is 13.0. The maximum Gasteiger partial charge on any atom is 0.228 e. The second kappa shape index (κ2) is 7.63. The largest absolute Gasteiger partial charge is 0.387 e. The van der Waals surface area contributed by atoms with Gasteiger partial charge in [0.15, 0.2) is 0 Å². The standard InChI is InChI=1S/C26H37NO3/c1-25-12-10-20-19-11-13-26(29,16-30-2)15-17(19)8-9-21(20)22(25)14-23(25)24(28)27-18-6-4-3-5-7-18/h3-7,17,19-23,29H,8-16H2,1-2H3,(H,27,28). The first-order valence-electron chi connectivity index (χ1n) is 12.0. The molecule has 8 atom stereocenters. The van der Waals surface area contributed by atoms with Crippen molar-refractivity contribution in [2.75, 3.05) is 19.0 Å². The summed E-state index contributed by atoms with van der Waals surface area (Å²) in [6.45, 7) is 2.86. The number of hydrogen-bond donors (Lipinski definition) is 2. The zero-order chi connectivity index (χ0) is 20.9. The number of carbonyl (C=O) groups is 1. The molecule has 1 aromatic carbocycles. The highest BCUT2D eigenvalue weighted by molar-refractivity contribution is 5.93. The molecule has 4 aliphatic rings. The van der Waals surface area contributed by atoms with E-state index in [-0.39, 0.29) is 17.2 Å². The van der Waals surface area contributed by atoms with Gasteiger partial charge >= 0.3 is 0 Å². The second-order valence-corrected chi connectivity index (χ2v) is 11.0. The molecule has 4 saturated carbocycles. The third-order valence-corrected chi connectivity index (χ3v) is 9.60. The molecule has 4 nitrogen and oxygen atoms in total. The number of hydrogen-bond acceptors (Lipinski definition) is 3. The molecule has 4 fully saturated rings. The van der Waals surface area contributed by atoms with Crippen molar-refractivity contribution < 1.29 is 14.6 Å². The number of ether oxygens (including phenoxy) is 1. The Labute approximate surface area is 180 Å². The third-order valence-electron chi connectivity index (χ3n) is 9.60. The molecule has 0 aromatic heterocycles. The Hall–Kier alpha value is -1.39. The number of fused-ring (bicyclic) bond motifs is 5. The number of anilines is 1. The number of rotatable bonds is 4. The van der Waals surface area contributed by atoms with Gasteiger partial charge < -0.3 is 15.2 Å². The summed E-state index contributed by atoms with van der Waals surface area (Å²) in [6, 6.07) is 9.88. The monoisotopic (exact) mass is 411 g/mol. The van der Waals surface area contributed by atoms with E-state index in [0.717, 1.165) is 49.1 Å². The van der Waals surface area contributed by atoms with Gasteiger partial charge in [-0.25, -0.2) is 0 Å². The molecule has 4 heteroatoms. The normalized spacial score (nSPS) is 44.8. The van der Waals surface area contributed by atoms with Gasteiger partial charge in [-0.1, -0.05) is 25.1 Å². The van der Waals surface area contributed by atoms with E-state index in [1.54, 1.807) is 7.11 Å². The molecule has 164 valence electrons. The minimum absolute atomic E-state index is 0.152. The number of nitrogens with one attached hydrogen (secondary N) is 1. The third kappa shape index (κ3) is 3.31. The molecule has 0 radical (unpaired) electrons. The highest BCUT2D eigenvalue weighted by atomic mass is 16.5. The molecule has 0 spiro atoms. The van der Waals surface area contributed by atoms with E-state index in [1.807, 2.05) is 30.3 Å². The first-order chi connectivity index (χ1) is 14.4. The van der Waals surface area contributed by atoms with Crippen LogP contribution in [0, 0.1) is 40.9 Å². The van der Waals surface area contributed by atoms with E-state index in [0.29, 0.717) is 18.4 Å². The van der Waals surface area contributed by atoms with E-state index in [9.17, 15) is 9.90 Å². The second-order valence-electron chi connectivity index (χ2n) is 11.0. The van der Waals surface area contributed by atoms with Gasteiger partial charge in [0.1, 0.15) is 0 Å². The average Bonchev–Trinajstić information content (AvgIpc) is 2.71. The number of carbonyl (C=O) groups excluding carboxylic acids is 1. The first kappa shape index (κ1) is 20.5. The first-order valence-corrected chi connectivity index (χ1v) is 12.0. The van der Waals surface area contributed by atoms with Crippen LogP contribution in [0.4, 0.5) is 5.69 Å². The number of amides is 1. The van der Waals surface area contributed by atoms with Crippen molar-refractivity contribution in [2.45, 2.75) is 63.9 Å². The molecule has 0 heterocycles. The van der Waals surface area contributed by atoms with E-state index in [4.69, 9.17) is 4.74 Å². The van der Waals surface area contributed by atoms with Crippen LogP contribution >= 0.6 is 0 Å². The Morgan fingerprint density at radius 2 is 1.87 bits per heavy atom. The van der Waals surface area contributed by atoms with Crippen molar-refractivity contribution >= 4 is 11.6 Å². The van der Waals surface area contributed by atoms with Gasteiger partial charge in [-0.15, -0.1) is 0 Å². The van der Waals surface area contributed by atoms with Crippen molar-refractivity contribution in [3.05, 3.63) is 30.3 Å². The summed E-state index contributed by atoms with van der Waals surface area (Å²) in [5.41, 5.74) is 0.468. The topological polar surface area (TPSA) is 58.6 Å². The van der Waals surface area contributed by atoms with Crippen molar-refractivity contribution in [3.8, 4) is 0 Å². The smallest absolute Gasteiger partial charge is 0.228 e. The molecule has 2 N–H and O–H groups in total. The molecule has 1 amide bonds. The van der Waals surface area contributed by atoms with Crippen molar-refractivity contribution in [3.63, 3.8) is 0 Å². The maximum absolute atomic E-state index is 13.0. The van der Waals surface area contributed by atoms with Gasteiger partial charge in [-0.3, -0.25) is 4.79 Å². The van der Waals surface area contributed by atoms with Crippen LogP contribution in [0.25, 0.3) is 0 Å². The number of benzene rings is 1. The van der Waals surface area contributed by atoms with E-state index >= 15 is 0 Å². The zero-order valence-electron chi connectivity index (χ0n) is 18.5. The maximum atomic E-state index is 13.0. The molecule has 0 bridgehead atoms. The SMILES string of the molecule is COCC1(O)CCC2C(CCC3C2CCC2(C)C(C(=O)Nc4ccccc4)CC32)C1. The molecule has 1 aromatic rings. The van der Waals surface area contributed by atoms with Gasteiger partial charge in [0.25, 0.3) is 0 Å². The fraction of sp³-hybridized carbons (Fsp3) is 0.731. The van der Waals surface area contributed by atoms with Gasteiger partial charge in [-0.05, 0) is 98.5 Å². The van der Waals surface area contributed by atoms with Gasteiger partial charge in [0.2, 0.25) is 5.91 Å². The summed E-state index contributed by atoms with van der Waals surface area (Å²) in [5.74, 6) is 4.06. The zero-order valence-corrected chi connectivity index (χ0v) is 18.5. The lowest BCUT2D eigenvalue weighted by atomic mass is 9.40. The molecular weight excluding hydrogens is 374 g/mol. The Morgan fingerprint density at radius 3 is 2.63 bits per heavy atom. The average molecular weight is 412 g/mol. The summed E-state index contributed by atoms with van der Waals surface area (Å²) >= 11 is 0. The summed E-state index contributed by atoms with van der Waals surface area (Å²) in [7, 11) is 1.70. The van der Waals surface area contributed by atoms with Crippen LogP contribution in [0.2, 0.25) is 0 Å². The van der Waals surface area contributed by atoms with E-state index in [1.165, 1.54) is 25.7 Å². The molecule has 4 aliphatic carbocycles. The predicted molar refractivity (Wildman–Crippen MR) is 118 cm³/mol. The molecule has 5 rings (SSSR count). The summed E-state index contributed by atoms with van der Waals surface area (Å²) in [6.07, 6.45) is 8.96. The van der Waals surface area contributed by atoms with E-state index in [2.05, 4.69) is 12.2 Å². The highest BCUT2D eigenvalue weighted by Gasteiger charge is 2.62. The summed E-state index contributed by atoms with van der Waals surface area (Å²) in [5, 5.41) is 14.1. The van der Waals surface area contributed by atoms with Crippen LogP contribution in [0.5, 0.6) is 0 Å². The van der Waals surface area contributed by atoms with Crippen molar-refractivity contribution in [1.29, 1.82) is 0 Å². The van der Waals surface area contributed by atoms with Crippen LogP contribution in [-0.4, -0.2) is 30.3 Å². The molecule has 30 heavy (non-hydrogen) atoms. The lowest BCUT2D eigenvalue weighted by Gasteiger charge is -2.64. The van der Waals surface area contributed by atoms with Crippen LogP contribution in [0.15, 0.2) is 30.3 Å². The Bertz CT molecular complexity index is 782. The minimum atomic E-state index is -0.608. The van der Waals surface area contributed by atoms with E-state index < -0.39 is 5.60 Å². The highest BCUT2D eigenvalue weighted by Crippen LogP contribution is 2.67. The fourth-order valence-electron chi connectivity index (χ4n) is 8.11. The Kier molecular flexibility index (Phi) is 5.22. The fourth-order valence-corrected chi connectivity index (χ4v) is 8.11. The number of aliphatic hydroxyl groups is 1. The van der Waals surface area contributed by atoms with Gasteiger partial charge in [0, 0.05) is 18.7 Å². The van der Waals surface area contributed by atoms with Crippen LogP contribution in [0.3, 0.4) is 0 Å². The lowest BCUT2D eigenvalue weighted by molar-refractivity contribution is -0.178. The van der Waals surface area contributed by atoms with Crippen LogP contribution in [0.1, 0.15) is 58.3 Å². The quantitative estimate of drug-likeness (QED) is 0.742. The minimum Gasteiger partial charge on any atom is -0.387 e. The molecule has 8 unspecified atom stereocenters. The molecule has 0 saturated heterocycles. The molecular formula is C26H37NO3. The summed E-state index contributed by atoms with van der Waals surface area (Å²) < 4.78 is 5.31. The lowest BCUT2D eigenvalue weighted by Crippen LogP contribution is -2.61. The van der Waals surface area contributed by atoms with Crippen LogP contribution < -0.4 is 5.32 Å². The molecule has 0 aliphatic heterocycles. The van der Waals surface area contributed by atoms with Crippen LogP contribution in [-0.2, 0) is 9.53 Å². The van der Waals surface area contributed by atoms with Crippen molar-refractivity contribution in [2.24, 2.45) is 40.9 Å².